The average Bonchev–Trinajstić information content (AvgIpc) is 3.35. The quantitative estimate of drug-likeness (QED) is 0.399. The van der Waals surface area contributed by atoms with Gasteiger partial charge in [-0.05, 0) is 54.7 Å². The molecule has 0 aliphatic heterocycles. The lowest BCUT2D eigenvalue weighted by atomic mass is 10.1. The van der Waals surface area contributed by atoms with E-state index in [2.05, 4.69) is 10.6 Å². The minimum atomic E-state index is -0.450. The smallest absolute Gasteiger partial charge is 0.293 e. The second-order valence-corrected chi connectivity index (χ2v) is 6.99. The molecule has 29 heavy (non-hydrogen) atoms. The molecule has 0 atom stereocenters. The normalized spacial score (nSPS) is 10.8. The van der Waals surface area contributed by atoms with Crippen LogP contribution in [0.15, 0.2) is 69.5 Å². The standard InChI is InChI=1S/C21H15ClN2O4S/c22-16-10-13(5-7-15(16)18-8-6-14(11-25)27-18)23-21(29)24-20(26)19-9-12-3-1-2-4-17(12)28-19/h1-10,25H,11H2,(H2,23,24,26,29). The number of carbonyl (C=O) groups excluding carboxylic acids is 1. The number of thiocarbonyl (C=S) groups is 1. The van der Waals surface area contributed by atoms with Crippen LogP contribution in [0.4, 0.5) is 5.69 Å². The van der Waals surface area contributed by atoms with E-state index in [0.29, 0.717) is 33.4 Å². The molecular weight excluding hydrogens is 412 g/mol. The Balaban J connectivity index is 1.43. The molecule has 0 unspecified atom stereocenters. The summed E-state index contributed by atoms with van der Waals surface area (Å²) in [4.78, 5) is 12.4. The molecule has 0 spiro atoms. The lowest BCUT2D eigenvalue weighted by Crippen LogP contribution is -2.33. The molecule has 0 saturated carbocycles. The van der Waals surface area contributed by atoms with Gasteiger partial charge in [0.15, 0.2) is 10.9 Å². The Labute approximate surface area is 176 Å². The highest BCUT2D eigenvalue weighted by molar-refractivity contribution is 7.80. The third-order valence-electron chi connectivity index (χ3n) is 4.19. The lowest BCUT2D eigenvalue weighted by molar-refractivity contribution is 0.0953. The Hall–Kier alpha value is -3.13. The van der Waals surface area contributed by atoms with Crippen molar-refractivity contribution in [2.45, 2.75) is 6.61 Å². The van der Waals surface area contributed by atoms with Crippen LogP contribution in [0.3, 0.4) is 0 Å². The van der Waals surface area contributed by atoms with Gasteiger partial charge < -0.3 is 19.3 Å². The zero-order chi connectivity index (χ0) is 20.4. The number of hydrogen-bond donors (Lipinski definition) is 3. The summed E-state index contributed by atoms with van der Waals surface area (Å²) in [5.74, 6) is 0.717. The van der Waals surface area contributed by atoms with Gasteiger partial charge in [0.2, 0.25) is 0 Å². The molecule has 6 nitrogen and oxygen atoms in total. The number of nitrogens with one attached hydrogen (secondary N) is 2. The van der Waals surface area contributed by atoms with Crippen LogP contribution in [0, 0.1) is 0 Å². The molecule has 0 aliphatic rings. The van der Waals surface area contributed by atoms with Crippen molar-refractivity contribution in [3.63, 3.8) is 0 Å². The van der Waals surface area contributed by atoms with E-state index in [1.807, 2.05) is 18.2 Å². The first-order valence-electron chi connectivity index (χ1n) is 8.64. The Morgan fingerprint density at radius 3 is 2.62 bits per heavy atom. The van der Waals surface area contributed by atoms with Gasteiger partial charge in [-0.3, -0.25) is 10.1 Å². The summed E-state index contributed by atoms with van der Waals surface area (Å²) in [6, 6.07) is 17.6. The first-order valence-corrected chi connectivity index (χ1v) is 9.42. The van der Waals surface area contributed by atoms with Gasteiger partial charge in [-0.2, -0.15) is 0 Å². The van der Waals surface area contributed by atoms with Crippen LogP contribution in [0.25, 0.3) is 22.3 Å². The molecular formula is C21H15ClN2O4S. The SMILES string of the molecule is O=C(NC(=S)Nc1ccc(-c2ccc(CO)o2)c(Cl)c1)c1cc2ccccc2o1. The summed E-state index contributed by atoms with van der Waals surface area (Å²) in [7, 11) is 0. The topological polar surface area (TPSA) is 87.6 Å². The van der Waals surface area contributed by atoms with E-state index in [1.165, 1.54) is 0 Å². The van der Waals surface area contributed by atoms with E-state index < -0.39 is 5.91 Å². The highest BCUT2D eigenvalue weighted by atomic mass is 35.5. The van der Waals surface area contributed by atoms with E-state index in [4.69, 9.17) is 37.8 Å². The molecule has 4 rings (SSSR count). The van der Waals surface area contributed by atoms with Gasteiger partial charge in [0.25, 0.3) is 5.91 Å². The zero-order valence-corrected chi connectivity index (χ0v) is 16.5. The van der Waals surface area contributed by atoms with Crippen LogP contribution in [0.1, 0.15) is 16.3 Å². The van der Waals surface area contributed by atoms with Gasteiger partial charge >= 0.3 is 0 Å². The van der Waals surface area contributed by atoms with Crippen LogP contribution in [0.5, 0.6) is 0 Å². The zero-order valence-electron chi connectivity index (χ0n) is 14.9. The molecule has 4 aromatic rings. The fourth-order valence-electron chi connectivity index (χ4n) is 2.82. The van der Waals surface area contributed by atoms with Crippen molar-refractivity contribution >= 4 is 51.5 Å². The second-order valence-electron chi connectivity index (χ2n) is 6.18. The molecule has 0 bridgehead atoms. The molecule has 8 heteroatoms. The Morgan fingerprint density at radius 1 is 1.07 bits per heavy atom. The number of aliphatic hydroxyl groups is 1. The number of hydrogen-bond acceptors (Lipinski definition) is 5. The maximum Gasteiger partial charge on any atom is 0.293 e. The fourth-order valence-corrected chi connectivity index (χ4v) is 3.31. The van der Waals surface area contributed by atoms with Gasteiger partial charge in [-0.15, -0.1) is 0 Å². The molecule has 0 radical (unpaired) electrons. The summed E-state index contributed by atoms with van der Waals surface area (Å²) in [6.07, 6.45) is 0. The van der Waals surface area contributed by atoms with E-state index in [0.717, 1.165) is 5.39 Å². The highest BCUT2D eigenvalue weighted by Crippen LogP contribution is 2.31. The van der Waals surface area contributed by atoms with Crippen LogP contribution in [-0.2, 0) is 6.61 Å². The molecule has 0 aliphatic carbocycles. The summed E-state index contributed by atoms with van der Waals surface area (Å²) in [5.41, 5.74) is 1.90. The molecule has 0 fully saturated rings. The van der Waals surface area contributed by atoms with Gasteiger partial charge in [0.1, 0.15) is 23.7 Å². The monoisotopic (exact) mass is 426 g/mol. The fraction of sp³-hybridized carbons (Fsp3) is 0.0476. The van der Waals surface area contributed by atoms with Crippen molar-refractivity contribution < 1.29 is 18.7 Å². The minimum absolute atomic E-state index is 0.111. The molecule has 2 heterocycles. The highest BCUT2D eigenvalue weighted by Gasteiger charge is 2.14. The summed E-state index contributed by atoms with van der Waals surface area (Å²) >= 11 is 11.5. The molecule has 146 valence electrons. The van der Waals surface area contributed by atoms with Crippen molar-refractivity contribution in [3.05, 3.63) is 77.2 Å². The Kier molecular flexibility index (Phi) is 5.35. The number of rotatable bonds is 4. The van der Waals surface area contributed by atoms with Gasteiger partial charge in [-0.1, -0.05) is 29.8 Å². The van der Waals surface area contributed by atoms with Crippen molar-refractivity contribution in [2.24, 2.45) is 0 Å². The maximum absolute atomic E-state index is 12.4. The number of amides is 1. The van der Waals surface area contributed by atoms with E-state index in [-0.39, 0.29) is 17.5 Å². The summed E-state index contributed by atoms with van der Waals surface area (Å²) in [6.45, 7) is -0.184. The largest absolute Gasteiger partial charge is 0.459 e. The number of anilines is 1. The van der Waals surface area contributed by atoms with Crippen LogP contribution in [0.2, 0.25) is 5.02 Å². The van der Waals surface area contributed by atoms with E-state index in [9.17, 15) is 4.79 Å². The molecule has 2 aromatic carbocycles. The number of aliphatic hydroxyl groups excluding tert-OH is 1. The number of fused-ring (bicyclic) bond motifs is 1. The predicted molar refractivity (Wildman–Crippen MR) is 115 cm³/mol. The van der Waals surface area contributed by atoms with Crippen molar-refractivity contribution in [3.8, 4) is 11.3 Å². The van der Waals surface area contributed by atoms with E-state index >= 15 is 0 Å². The number of benzene rings is 2. The second kappa shape index (κ2) is 8.08. The van der Waals surface area contributed by atoms with Crippen molar-refractivity contribution in [1.29, 1.82) is 0 Å². The Morgan fingerprint density at radius 2 is 1.90 bits per heavy atom. The number of para-hydroxylation sites is 1. The van der Waals surface area contributed by atoms with Gasteiger partial charge in [-0.25, -0.2) is 0 Å². The maximum atomic E-state index is 12.4. The minimum Gasteiger partial charge on any atom is -0.459 e. The summed E-state index contributed by atoms with van der Waals surface area (Å²) in [5, 5.41) is 16.0. The van der Waals surface area contributed by atoms with Crippen molar-refractivity contribution in [1.82, 2.24) is 5.32 Å². The summed E-state index contributed by atoms with van der Waals surface area (Å²) < 4.78 is 11.0. The Bertz CT molecular complexity index is 1180. The van der Waals surface area contributed by atoms with Crippen LogP contribution < -0.4 is 10.6 Å². The first-order chi connectivity index (χ1) is 14.0. The third-order valence-corrected chi connectivity index (χ3v) is 4.70. The third kappa shape index (κ3) is 4.17. The molecule has 0 saturated heterocycles. The van der Waals surface area contributed by atoms with E-state index in [1.54, 1.807) is 42.5 Å². The van der Waals surface area contributed by atoms with Crippen molar-refractivity contribution in [2.75, 3.05) is 5.32 Å². The van der Waals surface area contributed by atoms with Gasteiger partial charge in [0.05, 0.1) is 5.02 Å². The average molecular weight is 427 g/mol. The molecule has 2 aromatic heterocycles. The number of halogens is 1. The number of furan rings is 2. The van der Waals surface area contributed by atoms with Crippen LogP contribution in [-0.4, -0.2) is 16.1 Å². The first kappa shape index (κ1) is 19.2. The lowest BCUT2D eigenvalue weighted by Gasteiger charge is -2.10. The molecule has 3 N–H and O–H groups in total. The molecule has 1 amide bonds. The predicted octanol–water partition coefficient (Wildman–Crippen LogP) is 4.97. The van der Waals surface area contributed by atoms with Crippen LogP contribution >= 0.6 is 23.8 Å². The van der Waals surface area contributed by atoms with Gasteiger partial charge in [0, 0.05) is 16.6 Å². The number of carbonyl (C=O) groups is 1.